The Hall–Kier alpha value is -4.56. The molecule has 2 heterocycles. The molecule has 6 rings (SSSR count). The minimum absolute atomic E-state index is 0.0825. The minimum Gasteiger partial charge on any atom is -0.458 e. The third-order valence-corrected chi connectivity index (χ3v) is 7.16. The van der Waals surface area contributed by atoms with E-state index in [1.807, 2.05) is 85.8 Å². The summed E-state index contributed by atoms with van der Waals surface area (Å²) in [5.41, 5.74) is 5.83. The second-order valence-electron chi connectivity index (χ2n) is 10.2. The van der Waals surface area contributed by atoms with E-state index in [1.54, 1.807) is 6.92 Å². The van der Waals surface area contributed by atoms with Gasteiger partial charge in [0, 0.05) is 5.56 Å². The summed E-state index contributed by atoms with van der Waals surface area (Å²) in [5.74, 6) is 0.931. The molecule has 5 aromatic rings. The van der Waals surface area contributed by atoms with Crippen LogP contribution >= 0.6 is 0 Å². The molecule has 1 N–H and O–H groups in total. The van der Waals surface area contributed by atoms with Crippen LogP contribution in [0.5, 0.6) is 0 Å². The van der Waals surface area contributed by atoms with Gasteiger partial charge in [-0.25, -0.2) is 0 Å². The number of benzene rings is 3. The highest BCUT2D eigenvalue weighted by molar-refractivity contribution is 5.75. The topological polar surface area (TPSA) is 111 Å². The first-order valence-electron chi connectivity index (χ1n) is 13.4. The highest BCUT2D eigenvalue weighted by Crippen LogP contribution is 2.36. The number of carbonyl (C=O) groups is 1. The Labute approximate surface area is 231 Å². The van der Waals surface area contributed by atoms with Crippen LogP contribution in [-0.2, 0) is 16.0 Å². The maximum absolute atomic E-state index is 12.0. The molecule has 3 aromatic carbocycles. The molecule has 8 nitrogen and oxygen atoms in total. The van der Waals surface area contributed by atoms with Crippen molar-refractivity contribution in [3.63, 3.8) is 0 Å². The van der Waals surface area contributed by atoms with Crippen molar-refractivity contribution in [1.29, 1.82) is 0 Å². The van der Waals surface area contributed by atoms with Crippen LogP contribution < -0.4 is 0 Å². The van der Waals surface area contributed by atoms with Crippen LogP contribution in [0.25, 0.3) is 22.5 Å². The molecule has 1 saturated carbocycles. The summed E-state index contributed by atoms with van der Waals surface area (Å²) in [6.45, 7) is 3.67. The predicted octanol–water partition coefficient (Wildman–Crippen LogP) is 6.39. The molecular weight excluding hydrogens is 506 g/mol. The van der Waals surface area contributed by atoms with E-state index in [2.05, 4.69) is 15.4 Å². The van der Waals surface area contributed by atoms with E-state index in [9.17, 15) is 9.90 Å². The zero-order chi connectivity index (χ0) is 27.6. The lowest BCUT2D eigenvalue weighted by Gasteiger charge is -2.14. The first-order chi connectivity index (χ1) is 19.5. The highest BCUT2D eigenvalue weighted by atomic mass is 16.5. The fourth-order valence-electron chi connectivity index (χ4n) is 4.67. The van der Waals surface area contributed by atoms with Crippen LogP contribution in [-0.4, -0.2) is 26.4 Å². The van der Waals surface area contributed by atoms with Crippen molar-refractivity contribution in [2.75, 3.05) is 0 Å². The lowest BCUT2D eigenvalue weighted by molar-refractivity contribution is -0.150. The van der Waals surface area contributed by atoms with E-state index < -0.39 is 6.10 Å². The van der Waals surface area contributed by atoms with Crippen LogP contribution in [0.1, 0.15) is 66.1 Å². The molecule has 1 aliphatic rings. The van der Waals surface area contributed by atoms with Crippen molar-refractivity contribution < 1.29 is 23.6 Å². The van der Waals surface area contributed by atoms with Gasteiger partial charge in [0.15, 0.2) is 11.9 Å². The summed E-state index contributed by atoms with van der Waals surface area (Å²) >= 11 is 0. The number of esters is 1. The molecule has 1 fully saturated rings. The van der Waals surface area contributed by atoms with Gasteiger partial charge in [-0.2, -0.15) is 0 Å². The van der Waals surface area contributed by atoms with Crippen molar-refractivity contribution in [3.05, 3.63) is 113 Å². The Bertz CT molecular complexity index is 1600. The average Bonchev–Trinajstić information content (AvgIpc) is 3.62. The number of carbonyl (C=O) groups excluding carboxylic acids is 1. The van der Waals surface area contributed by atoms with Crippen molar-refractivity contribution in [3.8, 4) is 22.5 Å². The number of hydrogen-bond donors (Lipinski definition) is 1. The predicted molar refractivity (Wildman–Crippen MR) is 147 cm³/mol. The number of aliphatic hydroxyl groups excluding tert-OH is 1. The molecule has 40 heavy (non-hydrogen) atoms. The molecule has 202 valence electrons. The second kappa shape index (κ2) is 10.9. The lowest BCUT2D eigenvalue weighted by Crippen LogP contribution is -2.10. The first-order valence-corrected chi connectivity index (χ1v) is 13.4. The fourth-order valence-corrected chi connectivity index (χ4v) is 4.67. The third kappa shape index (κ3) is 5.44. The fraction of sp³-hybridized carbons (Fsp3) is 0.250. The quantitative estimate of drug-likeness (QED) is 0.216. The smallest absolute Gasteiger partial charge is 0.309 e. The van der Waals surface area contributed by atoms with Crippen molar-refractivity contribution >= 4 is 5.97 Å². The zero-order valence-corrected chi connectivity index (χ0v) is 22.3. The Kier molecular flexibility index (Phi) is 7.00. The number of nitrogens with zero attached hydrogens (tertiary/aromatic N) is 3. The van der Waals surface area contributed by atoms with E-state index in [4.69, 9.17) is 13.7 Å². The Morgan fingerprint density at radius 2 is 1.60 bits per heavy atom. The molecule has 0 saturated heterocycles. The summed E-state index contributed by atoms with van der Waals surface area (Å²) in [4.78, 5) is 12.0. The highest BCUT2D eigenvalue weighted by Gasteiger charge is 2.32. The summed E-state index contributed by atoms with van der Waals surface area (Å²) in [6.07, 6.45) is 0.879. The Morgan fingerprint density at radius 3 is 2.27 bits per heavy atom. The molecule has 0 aliphatic heterocycles. The number of hydrogen-bond acceptors (Lipinski definition) is 8. The number of aromatic nitrogens is 3. The number of aliphatic hydroxyl groups is 1. The van der Waals surface area contributed by atoms with Gasteiger partial charge in [0.2, 0.25) is 11.8 Å². The molecule has 1 aliphatic carbocycles. The van der Waals surface area contributed by atoms with Crippen LogP contribution in [0.4, 0.5) is 0 Å². The SMILES string of the molecule is Cc1noc(-c2ccc(-c3ccc(C(C)OC(=O)C4CC4)cc3)cc2)c1C(O)c1nnc(Cc2ccccc2)o1. The van der Waals surface area contributed by atoms with Gasteiger partial charge in [-0.1, -0.05) is 84.0 Å². The normalized spacial score (nSPS) is 14.6. The van der Waals surface area contributed by atoms with Gasteiger partial charge in [0.25, 0.3) is 0 Å². The third-order valence-electron chi connectivity index (χ3n) is 7.16. The molecule has 0 amide bonds. The van der Waals surface area contributed by atoms with Gasteiger partial charge in [0.05, 0.1) is 23.6 Å². The molecule has 0 bridgehead atoms. The number of ether oxygens (including phenoxy) is 1. The van der Waals surface area contributed by atoms with E-state index in [1.165, 1.54) is 0 Å². The monoisotopic (exact) mass is 535 g/mol. The molecular formula is C32H29N3O5. The van der Waals surface area contributed by atoms with Crippen molar-refractivity contribution in [1.82, 2.24) is 15.4 Å². The van der Waals surface area contributed by atoms with E-state index >= 15 is 0 Å². The van der Waals surface area contributed by atoms with E-state index in [-0.39, 0.29) is 23.9 Å². The molecule has 2 aromatic heterocycles. The van der Waals surface area contributed by atoms with Gasteiger partial charge < -0.3 is 18.8 Å². The van der Waals surface area contributed by atoms with Gasteiger partial charge in [-0.05, 0) is 48.9 Å². The summed E-state index contributed by atoms with van der Waals surface area (Å²) in [7, 11) is 0. The standard InChI is InChI=1S/C32H29N3O5/c1-19-28(29(36)31-34-33-27(39-31)18-21-6-4-3-5-7-21)30(40-35-19)25-14-12-24(13-15-25)23-10-8-22(9-11-23)20(2)38-32(37)26-16-17-26/h3-15,20,26,29,36H,16-18H2,1-2H3. The minimum atomic E-state index is -1.18. The van der Waals surface area contributed by atoms with Crippen LogP contribution in [0.2, 0.25) is 0 Å². The van der Waals surface area contributed by atoms with Crippen LogP contribution in [0.15, 0.2) is 87.8 Å². The molecule has 0 spiro atoms. The maximum Gasteiger partial charge on any atom is 0.309 e. The number of rotatable bonds is 9. The average molecular weight is 536 g/mol. The molecule has 0 radical (unpaired) electrons. The van der Waals surface area contributed by atoms with Crippen molar-refractivity contribution in [2.24, 2.45) is 5.92 Å². The van der Waals surface area contributed by atoms with Crippen LogP contribution in [0.3, 0.4) is 0 Å². The van der Waals surface area contributed by atoms with Crippen LogP contribution in [0, 0.1) is 12.8 Å². The molecule has 2 atom stereocenters. The van der Waals surface area contributed by atoms with E-state index in [0.29, 0.717) is 29.3 Å². The van der Waals surface area contributed by atoms with Gasteiger partial charge in [0.1, 0.15) is 6.10 Å². The first kappa shape index (κ1) is 25.7. The Morgan fingerprint density at radius 1 is 0.950 bits per heavy atom. The maximum atomic E-state index is 12.0. The van der Waals surface area contributed by atoms with Crippen molar-refractivity contribution in [2.45, 2.75) is 45.3 Å². The van der Waals surface area contributed by atoms with E-state index in [0.717, 1.165) is 40.7 Å². The van der Waals surface area contributed by atoms with Gasteiger partial charge >= 0.3 is 5.97 Å². The van der Waals surface area contributed by atoms with Gasteiger partial charge in [-0.3, -0.25) is 4.79 Å². The summed E-state index contributed by atoms with van der Waals surface area (Å²) < 4.78 is 17.0. The summed E-state index contributed by atoms with van der Waals surface area (Å²) in [6, 6.07) is 25.6. The second-order valence-corrected chi connectivity index (χ2v) is 10.2. The largest absolute Gasteiger partial charge is 0.458 e. The molecule has 8 heteroatoms. The Balaban J connectivity index is 1.17. The zero-order valence-electron chi connectivity index (χ0n) is 22.3. The molecule has 2 unspecified atom stereocenters. The summed E-state index contributed by atoms with van der Waals surface area (Å²) in [5, 5.41) is 23.4. The van der Waals surface area contributed by atoms with Gasteiger partial charge in [-0.15, -0.1) is 10.2 Å². The lowest BCUT2D eigenvalue weighted by atomic mass is 9.98. The number of aryl methyl sites for hydroxylation is 1.